The zero-order valence-electron chi connectivity index (χ0n) is 28.2. The summed E-state index contributed by atoms with van der Waals surface area (Å²) in [6.45, 7) is 4.74. The fourth-order valence-electron chi connectivity index (χ4n) is 8.72. The van der Waals surface area contributed by atoms with E-state index in [2.05, 4.69) is 140 Å². The van der Waals surface area contributed by atoms with Crippen LogP contribution in [-0.2, 0) is 5.41 Å². The van der Waals surface area contributed by atoms with Crippen molar-refractivity contribution >= 4 is 54.6 Å². The normalized spacial score (nSPS) is 13.5. The predicted molar refractivity (Wildman–Crippen MR) is 210 cm³/mol. The molecule has 0 unspecified atom stereocenters. The molecule has 0 bridgehead atoms. The van der Waals surface area contributed by atoms with E-state index in [9.17, 15) is 0 Å². The second kappa shape index (κ2) is 10.3. The molecular weight excluding hydrogens is 623 g/mol. The zero-order valence-corrected chi connectivity index (χ0v) is 28.2. The fraction of sp³-hybridized carbons (Fsp3) is 0.0638. The number of aromatic nitrogens is 3. The Kier molecular flexibility index (Phi) is 5.70. The van der Waals surface area contributed by atoms with Crippen molar-refractivity contribution in [3.63, 3.8) is 0 Å². The molecule has 1 aliphatic carbocycles. The smallest absolute Gasteiger partial charge is 0.164 e. The Balaban J connectivity index is 1.13. The van der Waals surface area contributed by atoms with Gasteiger partial charge in [0, 0.05) is 43.6 Å². The Bertz CT molecular complexity index is 3060. The van der Waals surface area contributed by atoms with E-state index in [-0.39, 0.29) is 5.41 Å². The molecule has 0 fully saturated rings. The zero-order chi connectivity index (χ0) is 33.8. The van der Waals surface area contributed by atoms with Gasteiger partial charge in [0.2, 0.25) is 0 Å². The fourth-order valence-corrected chi connectivity index (χ4v) is 8.72. The largest absolute Gasteiger partial charge is 0.455 e. The highest BCUT2D eigenvalue weighted by molar-refractivity contribution is 6.15. The van der Waals surface area contributed by atoms with Gasteiger partial charge in [-0.1, -0.05) is 123 Å². The van der Waals surface area contributed by atoms with Crippen LogP contribution in [0.2, 0.25) is 0 Å². The number of hydrogen-bond donors (Lipinski definition) is 0. The number of furan rings is 1. The van der Waals surface area contributed by atoms with Gasteiger partial charge < -0.3 is 8.98 Å². The quantitative estimate of drug-likeness (QED) is 0.191. The van der Waals surface area contributed by atoms with Crippen LogP contribution in [0.1, 0.15) is 25.0 Å². The SMILES string of the molecule is CC1(C)c2ccccc2-c2ccc3c(c21)c1ccccc1n3-c1ccc2oc3c(-c4nc(-c5ccccc5)c5ccccc5n4)cccc3c2c1. The van der Waals surface area contributed by atoms with Gasteiger partial charge in [-0.25, -0.2) is 9.97 Å². The third kappa shape index (κ3) is 3.90. The summed E-state index contributed by atoms with van der Waals surface area (Å²) in [6, 6.07) is 53.8. The van der Waals surface area contributed by atoms with E-state index >= 15 is 0 Å². The highest BCUT2D eigenvalue weighted by Crippen LogP contribution is 2.53. The lowest BCUT2D eigenvalue weighted by atomic mass is 9.80. The first-order chi connectivity index (χ1) is 25.1. The average molecular weight is 654 g/mol. The lowest BCUT2D eigenvalue weighted by Crippen LogP contribution is -2.15. The van der Waals surface area contributed by atoms with Gasteiger partial charge in [-0.15, -0.1) is 0 Å². The van der Waals surface area contributed by atoms with Gasteiger partial charge in [0.05, 0.1) is 27.8 Å². The van der Waals surface area contributed by atoms with Crippen LogP contribution in [0.4, 0.5) is 0 Å². The number of fused-ring (bicyclic) bond motifs is 11. The van der Waals surface area contributed by atoms with Crippen LogP contribution in [0, 0.1) is 0 Å². The van der Waals surface area contributed by atoms with E-state index in [1.807, 2.05) is 30.3 Å². The molecule has 1 aliphatic rings. The standard InChI is InChI=1S/C47H31N3O/c1-47(2)37-20-9-6-15-30(37)31-24-25-40-42(43(31)47)34-17-8-11-22-39(34)50(40)29-23-26-41-36(27-29)32-18-12-19-35(45(32)51-41)46-48-38-21-10-7-16-33(38)44(49-46)28-13-4-3-5-14-28/h3-27H,1-2H3. The van der Waals surface area contributed by atoms with Gasteiger partial charge in [-0.05, 0) is 64.7 Å². The van der Waals surface area contributed by atoms with Gasteiger partial charge in [0.15, 0.2) is 5.82 Å². The summed E-state index contributed by atoms with van der Waals surface area (Å²) in [4.78, 5) is 10.2. The van der Waals surface area contributed by atoms with Crippen molar-refractivity contribution in [3.8, 4) is 39.5 Å². The highest BCUT2D eigenvalue weighted by Gasteiger charge is 2.38. The summed E-state index contributed by atoms with van der Waals surface area (Å²) < 4.78 is 9.10. The van der Waals surface area contributed by atoms with Crippen molar-refractivity contribution in [3.05, 3.63) is 163 Å². The van der Waals surface area contributed by atoms with Crippen molar-refractivity contribution in [1.29, 1.82) is 0 Å². The summed E-state index contributed by atoms with van der Waals surface area (Å²) in [7, 11) is 0. The topological polar surface area (TPSA) is 43.9 Å². The Morgan fingerprint density at radius 1 is 0.549 bits per heavy atom. The molecule has 0 N–H and O–H groups in total. The van der Waals surface area contributed by atoms with Crippen LogP contribution >= 0.6 is 0 Å². The van der Waals surface area contributed by atoms with Crippen molar-refractivity contribution in [2.24, 2.45) is 0 Å². The molecule has 0 aliphatic heterocycles. The number of benzene rings is 7. The molecule has 0 spiro atoms. The first kappa shape index (κ1) is 28.3. The minimum atomic E-state index is -0.118. The predicted octanol–water partition coefficient (Wildman–Crippen LogP) is 12.3. The third-order valence-electron chi connectivity index (χ3n) is 11.0. The maximum absolute atomic E-state index is 6.68. The number of nitrogens with zero attached hydrogens (tertiary/aromatic N) is 3. The molecule has 51 heavy (non-hydrogen) atoms. The summed E-state index contributed by atoms with van der Waals surface area (Å²) in [5.41, 5.74) is 14.2. The van der Waals surface area contributed by atoms with Gasteiger partial charge >= 0.3 is 0 Å². The molecule has 0 saturated carbocycles. The third-order valence-corrected chi connectivity index (χ3v) is 11.0. The monoisotopic (exact) mass is 653 g/mol. The molecule has 10 aromatic rings. The minimum Gasteiger partial charge on any atom is -0.455 e. The number of rotatable bonds is 3. The lowest BCUT2D eigenvalue weighted by Gasteiger charge is -2.22. The van der Waals surface area contributed by atoms with Crippen LogP contribution in [-0.4, -0.2) is 14.5 Å². The molecule has 4 heteroatoms. The molecule has 0 atom stereocenters. The molecule has 3 heterocycles. The lowest BCUT2D eigenvalue weighted by molar-refractivity contribution is 0.666. The number of hydrogen-bond acceptors (Lipinski definition) is 3. The van der Waals surface area contributed by atoms with Crippen molar-refractivity contribution in [2.45, 2.75) is 19.3 Å². The van der Waals surface area contributed by atoms with Crippen LogP contribution in [0.5, 0.6) is 0 Å². The highest BCUT2D eigenvalue weighted by atomic mass is 16.3. The van der Waals surface area contributed by atoms with Crippen LogP contribution in [0.15, 0.2) is 156 Å². The van der Waals surface area contributed by atoms with E-state index in [0.717, 1.165) is 55.3 Å². The van der Waals surface area contributed by atoms with E-state index in [1.54, 1.807) is 0 Å². The number of para-hydroxylation sites is 3. The Morgan fingerprint density at radius 2 is 1.29 bits per heavy atom. The maximum atomic E-state index is 6.68. The van der Waals surface area contributed by atoms with Gasteiger partial charge in [-0.2, -0.15) is 0 Å². The minimum absolute atomic E-state index is 0.118. The van der Waals surface area contributed by atoms with Crippen molar-refractivity contribution in [1.82, 2.24) is 14.5 Å². The molecule has 4 nitrogen and oxygen atoms in total. The van der Waals surface area contributed by atoms with Crippen LogP contribution in [0.3, 0.4) is 0 Å². The second-order valence-corrected chi connectivity index (χ2v) is 14.1. The maximum Gasteiger partial charge on any atom is 0.164 e. The molecule has 3 aromatic heterocycles. The van der Waals surface area contributed by atoms with E-state index in [1.165, 1.54) is 44.1 Å². The van der Waals surface area contributed by atoms with Gasteiger partial charge in [0.1, 0.15) is 11.2 Å². The summed E-state index contributed by atoms with van der Waals surface area (Å²) in [5.74, 6) is 0.650. The summed E-state index contributed by atoms with van der Waals surface area (Å²) >= 11 is 0. The van der Waals surface area contributed by atoms with E-state index in [4.69, 9.17) is 14.4 Å². The Morgan fingerprint density at radius 3 is 2.20 bits per heavy atom. The molecule has 0 amide bonds. The molecule has 0 radical (unpaired) electrons. The van der Waals surface area contributed by atoms with E-state index < -0.39 is 0 Å². The van der Waals surface area contributed by atoms with Crippen LogP contribution < -0.4 is 0 Å². The Hall–Kier alpha value is -6.52. The molecule has 240 valence electrons. The van der Waals surface area contributed by atoms with Crippen molar-refractivity contribution in [2.75, 3.05) is 0 Å². The average Bonchev–Trinajstić information content (AvgIpc) is 3.80. The van der Waals surface area contributed by atoms with Gasteiger partial charge in [-0.3, -0.25) is 0 Å². The molecule has 7 aromatic carbocycles. The van der Waals surface area contributed by atoms with E-state index in [0.29, 0.717) is 5.82 Å². The molecule has 11 rings (SSSR count). The first-order valence-electron chi connectivity index (χ1n) is 17.5. The molecular formula is C47H31N3O. The van der Waals surface area contributed by atoms with Gasteiger partial charge in [0.25, 0.3) is 0 Å². The summed E-state index contributed by atoms with van der Waals surface area (Å²) in [6.07, 6.45) is 0. The van der Waals surface area contributed by atoms with Crippen molar-refractivity contribution < 1.29 is 4.42 Å². The first-order valence-corrected chi connectivity index (χ1v) is 17.5. The van der Waals surface area contributed by atoms with Crippen LogP contribution in [0.25, 0.3) is 94.1 Å². The molecule has 0 saturated heterocycles. The second-order valence-electron chi connectivity index (χ2n) is 14.1. The summed E-state index contributed by atoms with van der Waals surface area (Å²) in [5, 5.41) is 5.73. The Labute approximate surface area is 294 Å².